The number of halogens is 2. The summed E-state index contributed by atoms with van der Waals surface area (Å²) in [7, 11) is -3.71. The number of nitrogens with two attached hydrogens (primary N) is 1. The first kappa shape index (κ1) is 17.6. The Kier molecular flexibility index (Phi) is 5.51. The fraction of sp³-hybridized carbons (Fsp3) is 0.133. The highest BCUT2D eigenvalue weighted by Gasteiger charge is 2.11. The normalized spacial score (nSPS) is 11.3. The van der Waals surface area contributed by atoms with Crippen LogP contribution < -0.4 is 10.5 Å². The Bertz CT molecular complexity index is 823. The summed E-state index contributed by atoms with van der Waals surface area (Å²) < 4.78 is 36.5. The Morgan fingerprint density at radius 1 is 1.17 bits per heavy atom. The van der Waals surface area contributed by atoms with Gasteiger partial charge in [0, 0.05) is 11.0 Å². The van der Waals surface area contributed by atoms with Gasteiger partial charge in [-0.1, -0.05) is 28.1 Å². The Labute approximate surface area is 141 Å². The minimum atomic E-state index is -3.71. The van der Waals surface area contributed by atoms with E-state index in [2.05, 4.69) is 21.2 Å². The fourth-order valence-electron chi connectivity index (χ4n) is 1.94. The Morgan fingerprint density at radius 2 is 1.83 bits per heavy atom. The van der Waals surface area contributed by atoms with Gasteiger partial charge in [-0.05, 0) is 42.3 Å². The van der Waals surface area contributed by atoms with Crippen molar-refractivity contribution in [1.82, 2.24) is 5.32 Å². The molecular formula is C15H14BrFN2O3S. The summed E-state index contributed by atoms with van der Waals surface area (Å²) in [5.41, 5.74) is 0.798. The Hall–Kier alpha value is -1.77. The predicted octanol–water partition coefficient (Wildman–Crippen LogP) is 2.21. The molecule has 0 aromatic heterocycles. The molecule has 0 saturated carbocycles. The van der Waals surface area contributed by atoms with Gasteiger partial charge in [-0.25, -0.2) is 17.9 Å². The van der Waals surface area contributed by atoms with Gasteiger partial charge in [-0.15, -0.1) is 0 Å². The lowest BCUT2D eigenvalue weighted by molar-refractivity contribution is 0.0950. The van der Waals surface area contributed by atoms with Crippen LogP contribution in [0, 0.1) is 5.82 Å². The second-order valence-electron chi connectivity index (χ2n) is 4.82. The van der Waals surface area contributed by atoms with Gasteiger partial charge in [-0.3, -0.25) is 4.79 Å². The fourth-order valence-corrected chi connectivity index (χ4v) is 2.78. The molecule has 122 valence electrons. The minimum Gasteiger partial charge on any atom is -0.352 e. The third kappa shape index (κ3) is 4.85. The van der Waals surface area contributed by atoms with Gasteiger partial charge in [0.05, 0.1) is 10.5 Å². The van der Waals surface area contributed by atoms with E-state index in [9.17, 15) is 17.6 Å². The van der Waals surface area contributed by atoms with E-state index in [1.165, 1.54) is 24.3 Å². The standard InChI is InChI=1S/C15H14BrFN2O3S/c16-11-3-6-13(14(17)9-11)15(20)19-8-7-10-1-4-12(5-2-10)23(18,21)22/h1-6,9H,7-8H2,(H,19,20)(H2,18,21,22). The van der Waals surface area contributed by atoms with Crippen LogP contribution in [0.3, 0.4) is 0 Å². The highest BCUT2D eigenvalue weighted by atomic mass is 79.9. The number of hydrogen-bond donors (Lipinski definition) is 2. The van der Waals surface area contributed by atoms with Crippen molar-refractivity contribution in [3.05, 3.63) is 63.9 Å². The smallest absolute Gasteiger partial charge is 0.254 e. The van der Waals surface area contributed by atoms with Crippen LogP contribution in [0.15, 0.2) is 51.8 Å². The molecule has 2 aromatic carbocycles. The number of nitrogens with one attached hydrogen (secondary N) is 1. The Balaban J connectivity index is 1.93. The monoisotopic (exact) mass is 400 g/mol. The largest absolute Gasteiger partial charge is 0.352 e. The van der Waals surface area contributed by atoms with Crippen LogP contribution in [0.25, 0.3) is 0 Å². The molecule has 0 bridgehead atoms. The van der Waals surface area contributed by atoms with Crippen molar-refractivity contribution in [3.8, 4) is 0 Å². The molecule has 0 fully saturated rings. The number of benzene rings is 2. The van der Waals surface area contributed by atoms with E-state index in [4.69, 9.17) is 5.14 Å². The van der Waals surface area contributed by atoms with Crippen molar-refractivity contribution in [2.75, 3.05) is 6.54 Å². The van der Waals surface area contributed by atoms with Gasteiger partial charge in [0.2, 0.25) is 10.0 Å². The summed E-state index contributed by atoms with van der Waals surface area (Å²) in [6.45, 7) is 0.295. The van der Waals surface area contributed by atoms with E-state index in [0.29, 0.717) is 17.4 Å². The SMILES string of the molecule is NS(=O)(=O)c1ccc(CCNC(=O)c2ccc(Br)cc2F)cc1. The third-order valence-corrected chi connectivity index (χ3v) is 4.55. The molecule has 0 atom stereocenters. The summed E-state index contributed by atoms with van der Waals surface area (Å²) in [6, 6.07) is 10.3. The Morgan fingerprint density at radius 3 is 2.39 bits per heavy atom. The maximum Gasteiger partial charge on any atom is 0.254 e. The number of carbonyl (C=O) groups is 1. The summed E-state index contributed by atoms with van der Waals surface area (Å²) >= 11 is 3.12. The molecule has 0 unspecified atom stereocenters. The molecule has 0 saturated heterocycles. The van der Waals surface area contributed by atoms with Crippen LogP contribution in [0.2, 0.25) is 0 Å². The van der Waals surface area contributed by atoms with Crippen molar-refractivity contribution in [2.45, 2.75) is 11.3 Å². The first-order chi connectivity index (χ1) is 10.8. The summed E-state index contributed by atoms with van der Waals surface area (Å²) in [4.78, 5) is 11.9. The summed E-state index contributed by atoms with van der Waals surface area (Å²) in [5, 5.41) is 7.63. The van der Waals surface area contributed by atoms with Crippen LogP contribution in [0.5, 0.6) is 0 Å². The van der Waals surface area contributed by atoms with Gasteiger partial charge in [0.1, 0.15) is 5.82 Å². The molecule has 0 aliphatic rings. The van der Waals surface area contributed by atoms with Crippen molar-refractivity contribution in [3.63, 3.8) is 0 Å². The number of sulfonamides is 1. The zero-order chi connectivity index (χ0) is 17.0. The molecule has 0 radical (unpaired) electrons. The van der Waals surface area contributed by atoms with Gasteiger partial charge in [0.15, 0.2) is 0 Å². The van der Waals surface area contributed by atoms with E-state index in [0.717, 1.165) is 5.56 Å². The quantitative estimate of drug-likeness (QED) is 0.805. The average molecular weight is 401 g/mol. The van der Waals surface area contributed by atoms with E-state index >= 15 is 0 Å². The lowest BCUT2D eigenvalue weighted by atomic mass is 10.1. The second-order valence-corrected chi connectivity index (χ2v) is 7.30. The maximum absolute atomic E-state index is 13.6. The first-order valence-electron chi connectivity index (χ1n) is 6.62. The van der Waals surface area contributed by atoms with Crippen LogP contribution in [-0.4, -0.2) is 20.9 Å². The molecule has 1 amide bonds. The van der Waals surface area contributed by atoms with Gasteiger partial charge in [-0.2, -0.15) is 0 Å². The summed E-state index contributed by atoms with van der Waals surface area (Å²) in [6.07, 6.45) is 0.481. The van der Waals surface area contributed by atoms with E-state index < -0.39 is 21.7 Å². The zero-order valence-corrected chi connectivity index (χ0v) is 14.3. The van der Waals surface area contributed by atoms with Crippen LogP contribution >= 0.6 is 15.9 Å². The highest BCUT2D eigenvalue weighted by molar-refractivity contribution is 9.10. The topological polar surface area (TPSA) is 89.3 Å². The molecule has 8 heteroatoms. The lowest BCUT2D eigenvalue weighted by Crippen LogP contribution is -2.26. The highest BCUT2D eigenvalue weighted by Crippen LogP contribution is 2.15. The van der Waals surface area contributed by atoms with Crippen molar-refractivity contribution in [2.24, 2.45) is 5.14 Å². The lowest BCUT2D eigenvalue weighted by Gasteiger charge is -2.07. The van der Waals surface area contributed by atoms with Crippen molar-refractivity contribution < 1.29 is 17.6 Å². The van der Waals surface area contributed by atoms with E-state index in [1.807, 2.05) is 0 Å². The molecule has 2 rings (SSSR count). The van der Waals surface area contributed by atoms with Gasteiger partial charge < -0.3 is 5.32 Å². The number of carbonyl (C=O) groups excluding carboxylic acids is 1. The number of hydrogen-bond acceptors (Lipinski definition) is 3. The van der Waals surface area contributed by atoms with Gasteiger partial charge >= 0.3 is 0 Å². The molecule has 0 heterocycles. The van der Waals surface area contributed by atoms with Crippen LogP contribution in [-0.2, 0) is 16.4 Å². The van der Waals surface area contributed by atoms with E-state index in [-0.39, 0.29) is 10.5 Å². The second kappa shape index (κ2) is 7.20. The van der Waals surface area contributed by atoms with Gasteiger partial charge in [0.25, 0.3) is 5.91 Å². The van der Waals surface area contributed by atoms with Crippen LogP contribution in [0.4, 0.5) is 4.39 Å². The van der Waals surface area contributed by atoms with Crippen LogP contribution in [0.1, 0.15) is 15.9 Å². The van der Waals surface area contributed by atoms with Crippen molar-refractivity contribution >= 4 is 31.9 Å². The predicted molar refractivity (Wildman–Crippen MR) is 88.0 cm³/mol. The zero-order valence-electron chi connectivity index (χ0n) is 11.9. The van der Waals surface area contributed by atoms with E-state index in [1.54, 1.807) is 18.2 Å². The summed E-state index contributed by atoms with van der Waals surface area (Å²) in [5.74, 6) is -1.11. The molecule has 0 aliphatic carbocycles. The third-order valence-electron chi connectivity index (χ3n) is 3.13. The molecule has 2 aromatic rings. The molecule has 0 spiro atoms. The molecule has 0 aliphatic heterocycles. The minimum absolute atomic E-state index is 0.0298. The average Bonchev–Trinajstić information content (AvgIpc) is 2.46. The molecular weight excluding hydrogens is 387 g/mol. The number of rotatable bonds is 5. The first-order valence-corrected chi connectivity index (χ1v) is 8.96. The molecule has 23 heavy (non-hydrogen) atoms. The van der Waals surface area contributed by atoms with Crippen molar-refractivity contribution in [1.29, 1.82) is 0 Å². The molecule has 5 nitrogen and oxygen atoms in total. The number of amides is 1. The maximum atomic E-state index is 13.6. The molecule has 3 N–H and O–H groups in total. The number of primary sulfonamides is 1.